The molecule has 1 aliphatic rings. The smallest absolute Gasteiger partial charge is 0.191 e. The number of ether oxygens (including phenoxy) is 2. The van der Waals surface area contributed by atoms with Gasteiger partial charge in [0, 0.05) is 8.95 Å². The molecule has 2 aromatic carbocycles. The number of hydrogen-bond donors (Lipinski definition) is 0. The van der Waals surface area contributed by atoms with Crippen LogP contribution in [-0.4, -0.2) is 0 Å². The van der Waals surface area contributed by atoms with Gasteiger partial charge in [-0.25, -0.2) is 0 Å². The summed E-state index contributed by atoms with van der Waals surface area (Å²) in [6.45, 7) is 0. The highest BCUT2D eigenvalue weighted by molar-refractivity contribution is 9.11. The van der Waals surface area contributed by atoms with Gasteiger partial charge in [0.25, 0.3) is 0 Å². The third-order valence-electron chi connectivity index (χ3n) is 2.52. The van der Waals surface area contributed by atoms with E-state index in [4.69, 9.17) is 32.7 Å². The lowest BCUT2D eigenvalue weighted by Gasteiger charge is -2.24. The molecule has 0 fully saturated rings. The van der Waals surface area contributed by atoms with Crippen molar-refractivity contribution in [1.29, 1.82) is 0 Å². The summed E-state index contributed by atoms with van der Waals surface area (Å²) < 4.78 is 13.8. The first-order valence-electron chi connectivity index (χ1n) is 5.00. The Balaban J connectivity index is 2.22. The zero-order valence-corrected chi connectivity index (χ0v) is 15.2. The van der Waals surface area contributed by atoms with Crippen molar-refractivity contribution in [3.63, 3.8) is 0 Å². The minimum atomic E-state index is 0.447. The molecule has 1 aliphatic heterocycles. The first-order valence-corrected chi connectivity index (χ1v) is 8.13. The van der Waals surface area contributed by atoms with Gasteiger partial charge in [0.05, 0.1) is 4.47 Å². The average molecular weight is 490 g/mol. The maximum atomic E-state index is 6.21. The highest BCUT2D eigenvalue weighted by atomic mass is 79.9. The predicted molar refractivity (Wildman–Crippen MR) is 86.2 cm³/mol. The molecular formula is C12H3Br3Cl2O2. The van der Waals surface area contributed by atoms with Crippen molar-refractivity contribution in [3.8, 4) is 23.0 Å². The summed E-state index contributed by atoms with van der Waals surface area (Å²) in [5, 5.41) is 0.900. The van der Waals surface area contributed by atoms with Crippen LogP contribution in [0.25, 0.3) is 0 Å². The molecule has 98 valence electrons. The van der Waals surface area contributed by atoms with Crippen molar-refractivity contribution < 1.29 is 9.47 Å². The maximum Gasteiger partial charge on any atom is 0.191 e. The second-order valence-electron chi connectivity index (χ2n) is 3.71. The van der Waals surface area contributed by atoms with Gasteiger partial charge in [-0.05, 0) is 66.0 Å². The Morgan fingerprint density at radius 1 is 0.737 bits per heavy atom. The van der Waals surface area contributed by atoms with Crippen LogP contribution >= 0.6 is 71.0 Å². The minimum Gasteiger partial charge on any atom is -0.448 e. The maximum absolute atomic E-state index is 6.21. The quantitative estimate of drug-likeness (QED) is 0.311. The fourth-order valence-corrected chi connectivity index (χ4v) is 3.54. The van der Waals surface area contributed by atoms with Crippen molar-refractivity contribution in [2.75, 3.05) is 0 Å². The fraction of sp³-hybridized carbons (Fsp3) is 0. The zero-order chi connectivity index (χ0) is 13.7. The van der Waals surface area contributed by atoms with E-state index in [2.05, 4.69) is 47.8 Å². The lowest BCUT2D eigenvalue weighted by molar-refractivity contribution is 0.357. The van der Waals surface area contributed by atoms with E-state index in [-0.39, 0.29) is 0 Å². The molecule has 19 heavy (non-hydrogen) atoms. The number of fused-ring (bicyclic) bond motifs is 2. The molecule has 0 aliphatic carbocycles. The van der Waals surface area contributed by atoms with Crippen molar-refractivity contribution in [2.45, 2.75) is 0 Å². The van der Waals surface area contributed by atoms with Crippen LogP contribution in [-0.2, 0) is 0 Å². The van der Waals surface area contributed by atoms with Crippen molar-refractivity contribution in [3.05, 3.63) is 41.7 Å². The highest BCUT2D eigenvalue weighted by Gasteiger charge is 2.27. The Labute approximate surface area is 144 Å². The summed E-state index contributed by atoms with van der Waals surface area (Å²) >= 11 is 22.5. The minimum absolute atomic E-state index is 0.447. The number of halogens is 5. The topological polar surface area (TPSA) is 18.5 Å². The Bertz CT molecular complexity index is 704. The Morgan fingerprint density at radius 3 is 2.16 bits per heavy atom. The molecule has 0 saturated heterocycles. The molecule has 7 heteroatoms. The molecule has 0 N–H and O–H groups in total. The Morgan fingerprint density at radius 2 is 1.42 bits per heavy atom. The molecule has 0 bridgehead atoms. The molecule has 2 nitrogen and oxygen atoms in total. The Hall–Kier alpha value is 0.0600. The second-order valence-corrected chi connectivity index (χ2v) is 7.02. The van der Waals surface area contributed by atoms with Crippen LogP contribution in [0.3, 0.4) is 0 Å². The highest BCUT2D eigenvalue weighted by Crippen LogP contribution is 2.56. The largest absolute Gasteiger partial charge is 0.448 e. The number of hydrogen-bond acceptors (Lipinski definition) is 2. The molecule has 0 amide bonds. The van der Waals surface area contributed by atoms with E-state index in [0.717, 1.165) is 13.4 Å². The molecule has 0 radical (unpaired) electrons. The molecule has 1 heterocycles. The standard InChI is InChI=1S/C12H3Br3Cl2O2/c13-4-1-2-7-11(8(4)16)19-10-6(15)3-5(14)9(17)12(10)18-7/h1-3H. The lowest BCUT2D eigenvalue weighted by atomic mass is 10.2. The number of rotatable bonds is 0. The fourth-order valence-electron chi connectivity index (χ4n) is 1.64. The van der Waals surface area contributed by atoms with E-state index in [1.54, 1.807) is 18.2 Å². The first kappa shape index (κ1) is 14.0. The molecule has 0 unspecified atom stereocenters. The SMILES string of the molecule is Clc1c(Br)ccc2c1Oc1c(Br)cc(Br)c(Cl)c1O2. The van der Waals surface area contributed by atoms with Crippen LogP contribution in [0, 0.1) is 0 Å². The van der Waals surface area contributed by atoms with Gasteiger partial charge in [-0.1, -0.05) is 23.2 Å². The van der Waals surface area contributed by atoms with Crippen molar-refractivity contribution in [1.82, 2.24) is 0 Å². The van der Waals surface area contributed by atoms with Gasteiger partial charge < -0.3 is 9.47 Å². The van der Waals surface area contributed by atoms with E-state index in [0.29, 0.717) is 33.0 Å². The molecule has 0 spiro atoms. The van der Waals surface area contributed by atoms with E-state index in [1.807, 2.05) is 0 Å². The molecule has 0 aromatic heterocycles. The normalized spacial score (nSPS) is 12.3. The summed E-state index contributed by atoms with van der Waals surface area (Å²) in [6.07, 6.45) is 0. The average Bonchev–Trinajstić information content (AvgIpc) is 2.39. The van der Waals surface area contributed by atoms with E-state index < -0.39 is 0 Å². The van der Waals surface area contributed by atoms with Gasteiger partial charge in [-0.15, -0.1) is 0 Å². The van der Waals surface area contributed by atoms with E-state index in [9.17, 15) is 0 Å². The lowest BCUT2D eigenvalue weighted by Crippen LogP contribution is -2.01. The molecule has 2 aromatic rings. The summed E-state index contributed by atoms with van der Waals surface area (Å²) in [5.74, 6) is 1.93. The van der Waals surface area contributed by atoms with Crippen LogP contribution < -0.4 is 9.47 Å². The van der Waals surface area contributed by atoms with E-state index >= 15 is 0 Å². The molecule has 0 saturated carbocycles. The van der Waals surface area contributed by atoms with Gasteiger partial charge in [0.1, 0.15) is 10.0 Å². The van der Waals surface area contributed by atoms with Gasteiger partial charge in [0.2, 0.25) is 0 Å². The molecule has 3 rings (SSSR count). The predicted octanol–water partition coefficient (Wildman–Crippen LogP) is 7.18. The van der Waals surface area contributed by atoms with Gasteiger partial charge in [0.15, 0.2) is 23.0 Å². The van der Waals surface area contributed by atoms with Crippen LogP contribution in [0.2, 0.25) is 10.0 Å². The first-order chi connectivity index (χ1) is 8.99. The summed E-state index contributed by atoms with van der Waals surface area (Å²) in [5.41, 5.74) is 0. The molecule has 0 atom stereocenters. The number of benzene rings is 2. The third kappa shape index (κ3) is 2.29. The summed E-state index contributed by atoms with van der Waals surface area (Å²) in [6, 6.07) is 5.34. The van der Waals surface area contributed by atoms with Crippen LogP contribution in [0.4, 0.5) is 0 Å². The third-order valence-corrected chi connectivity index (χ3v) is 5.60. The van der Waals surface area contributed by atoms with Crippen molar-refractivity contribution in [2.24, 2.45) is 0 Å². The van der Waals surface area contributed by atoms with Gasteiger partial charge in [-0.3, -0.25) is 0 Å². The van der Waals surface area contributed by atoms with Crippen molar-refractivity contribution >= 4 is 71.0 Å². The zero-order valence-electron chi connectivity index (χ0n) is 8.94. The summed E-state index contributed by atoms with van der Waals surface area (Å²) in [7, 11) is 0. The van der Waals surface area contributed by atoms with Crippen LogP contribution in [0.15, 0.2) is 31.6 Å². The van der Waals surface area contributed by atoms with Crippen LogP contribution in [0.1, 0.15) is 0 Å². The van der Waals surface area contributed by atoms with Crippen LogP contribution in [0.5, 0.6) is 23.0 Å². The molecular weight excluding hydrogens is 487 g/mol. The van der Waals surface area contributed by atoms with Gasteiger partial charge >= 0.3 is 0 Å². The Kier molecular flexibility index (Phi) is 3.77. The summed E-state index contributed by atoms with van der Waals surface area (Å²) in [4.78, 5) is 0. The van der Waals surface area contributed by atoms with Gasteiger partial charge in [-0.2, -0.15) is 0 Å². The second kappa shape index (κ2) is 5.11. The van der Waals surface area contributed by atoms with E-state index in [1.165, 1.54) is 0 Å². The monoisotopic (exact) mass is 486 g/mol.